The fourth-order valence-electron chi connectivity index (χ4n) is 1.83. The molecule has 0 heterocycles. The summed E-state index contributed by atoms with van der Waals surface area (Å²) in [5, 5.41) is 7.00. The lowest BCUT2D eigenvalue weighted by molar-refractivity contribution is 0.285. The second-order valence-corrected chi connectivity index (χ2v) is 4.41. The van der Waals surface area contributed by atoms with Gasteiger partial charge in [-0.2, -0.15) is 0 Å². The minimum atomic E-state index is 0.973. The molecule has 74 valence electrons. The second-order valence-electron chi connectivity index (χ2n) is 3.53. The Morgan fingerprint density at radius 1 is 1.25 bits per heavy atom. The van der Waals surface area contributed by atoms with Crippen LogP contribution in [0, 0.1) is 11.8 Å². The van der Waals surface area contributed by atoms with E-state index < -0.39 is 0 Å². The molecule has 2 heteroatoms. The zero-order valence-electron chi connectivity index (χ0n) is 8.22. The van der Waals surface area contributed by atoms with Crippen LogP contribution in [0.5, 0.6) is 0 Å². The van der Waals surface area contributed by atoms with Crippen molar-refractivity contribution >= 4 is 22.6 Å². The second kappa shape index (κ2) is 8.30. The van der Waals surface area contributed by atoms with Crippen LogP contribution in [-0.2, 0) is 0 Å². The van der Waals surface area contributed by atoms with E-state index in [4.69, 9.17) is 5.11 Å². The standard InChI is InChI=1S/C9H17I.CH4O/c1-8(7-10)9-5-3-2-4-6-9;1-2/h8-9H,2-7H2,1H3;2H,1H3. The molecule has 0 saturated heterocycles. The quantitative estimate of drug-likeness (QED) is 0.609. The lowest BCUT2D eigenvalue weighted by Gasteiger charge is -2.26. The molecule has 0 aromatic carbocycles. The number of aliphatic hydroxyl groups excluding tert-OH is 1. The lowest BCUT2D eigenvalue weighted by atomic mass is 9.82. The first-order valence-electron chi connectivity index (χ1n) is 4.85. The van der Waals surface area contributed by atoms with Crippen molar-refractivity contribution in [1.29, 1.82) is 0 Å². The van der Waals surface area contributed by atoms with Crippen LogP contribution in [0.1, 0.15) is 39.0 Å². The molecule has 0 aliphatic heterocycles. The van der Waals surface area contributed by atoms with Gasteiger partial charge in [-0.3, -0.25) is 0 Å². The Bertz CT molecular complexity index is 89.8. The van der Waals surface area contributed by atoms with Crippen LogP contribution in [0.4, 0.5) is 0 Å². The van der Waals surface area contributed by atoms with Crippen LogP contribution in [-0.4, -0.2) is 16.6 Å². The summed E-state index contributed by atoms with van der Waals surface area (Å²) >= 11 is 2.52. The van der Waals surface area contributed by atoms with Gasteiger partial charge in [0.2, 0.25) is 0 Å². The van der Waals surface area contributed by atoms with Crippen molar-refractivity contribution in [2.75, 3.05) is 11.5 Å². The first-order chi connectivity index (χ1) is 5.84. The van der Waals surface area contributed by atoms with Crippen molar-refractivity contribution in [2.45, 2.75) is 39.0 Å². The summed E-state index contributed by atoms with van der Waals surface area (Å²) in [6, 6.07) is 0. The van der Waals surface area contributed by atoms with E-state index in [9.17, 15) is 0 Å². The van der Waals surface area contributed by atoms with Crippen molar-refractivity contribution in [3.8, 4) is 0 Å². The van der Waals surface area contributed by atoms with E-state index in [0.29, 0.717) is 0 Å². The highest BCUT2D eigenvalue weighted by Gasteiger charge is 2.18. The van der Waals surface area contributed by atoms with Gasteiger partial charge in [0, 0.05) is 11.5 Å². The third kappa shape index (κ3) is 4.65. The maximum Gasteiger partial charge on any atom is 0.0319 e. The smallest absolute Gasteiger partial charge is 0.0319 e. The molecule has 0 aromatic heterocycles. The van der Waals surface area contributed by atoms with Gasteiger partial charge in [-0.25, -0.2) is 0 Å². The Labute approximate surface area is 90.1 Å². The molecule has 1 saturated carbocycles. The van der Waals surface area contributed by atoms with E-state index in [1.807, 2.05) is 0 Å². The van der Waals surface area contributed by atoms with Gasteiger partial charge in [0.15, 0.2) is 0 Å². The van der Waals surface area contributed by atoms with Gasteiger partial charge in [0.25, 0.3) is 0 Å². The van der Waals surface area contributed by atoms with Gasteiger partial charge in [0.05, 0.1) is 0 Å². The fraction of sp³-hybridized carbons (Fsp3) is 1.00. The normalized spacial score (nSPS) is 21.0. The topological polar surface area (TPSA) is 20.2 Å². The highest BCUT2D eigenvalue weighted by Crippen LogP contribution is 2.30. The molecule has 0 radical (unpaired) electrons. The molecular weight excluding hydrogens is 263 g/mol. The van der Waals surface area contributed by atoms with Crippen LogP contribution >= 0.6 is 22.6 Å². The van der Waals surface area contributed by atoms with Crippen LogP contribution in [0.25, 0.3) is 0 Å². The summed E-state index contributed by atoms with van der Waals surface area (Å²) < 4.78 is 1.35. The predicted octanol–water partition coefficient (Wildman–Crippen LogP) is 3.25. The Hall–Kier alpha value is 0.690. The summed E-state index contributed by atoms with van der Waals surface area (Å²) in [7, 11) is 1.00. The maximum atomic E-state index is 7.00. The first kappa shape index (κ1) is 12.7. The molecule has 12 heavy (non-hydrogen) atoms. The lowest BCUT2D eigenvalue weighted by Crippen LogP contribution is -2.15. The van der Waals surface area contributed by atoms with Gasteiger partial charge < -0.3 is 5.11 Å². The van der Waals surface area contributed by atoms with Gasteiger partial charge >= 0.3 is 0 Å². The number of hydrogen-bond donors (Lipinski definition) is 1. The molecule has 1 aliphatic carbocycles. The molecule has 1 aliphatic rings. The van der Waals surface area contributed by atoms with Crippen LogP contribution in [0.2, 0.25) is 0 Å². The van der Waals surface area contributed by atoms with E-state index in [2.05, 4.69) is 29.5 Å². The Balaban J connectivity index is 0.000000561. The van der Waals surface area contributed by atoms with E-state index in [1.54, 1.807) is 0 Å². The first-order valence-corrected chi connectivity index (χ1v) is 6.38. The molecule has 1 N–H and O–H groups in total. The molecule has 1 fully saturated rings. The molecule has 1 unspecified atom stereocenters. The van der Waals surface area contributed by atoms with Gasteiger partial charge in [-0.1, -0.05) is 61.6 Å². The van der Waals surface area contributed by atoms with Crippen molar-refractivity contribution < 1.29 is 5.11 Å². The minimum absolute atomic E-state index is 0.973. The number of hydrogen-bond acceptors (Lipinski definition) is 1. The van der Waals surface area contributed by atoms with E-state index in [-0.39, 0.29) is 0 Å². The number of rotatable bonds is 2. The Kier molecular flexibility index (Phi) is 8.77. The third-order valence-electron chi connectivity index (χ3n) is 2.70. The SMILES string of the molecule is CC(CI)C1CCCCC1.CO. The molecule has 0 spiro atoms. The molecule has 0 aromatic rings. The number of alkyl halides is 1. The molecular formula is C10H21IO. The largest absolute Gasteiger partial charge is 0.400 e. The van der Waals surface area contributed by atoms with Crippen LogP contribution in [0.3, 0.4) is 0 Å². The van der Waals surface area contributed by atoms with Crippen LogP contribution in [0.15, 0.2) is 0 Å². The molecule has 1 atom stereocenters. The average Bonchev–Trinajstić information content (AvgIpc) is 2.21. The zero-order valence-corrected chi connectivity index (χ0v) is 10.4. The maximum absolute atomic E-state index is 7.00. The summed E-state index contributed by atoms with van der Waals surface area (Å²) in [5.41, 5.74) is 0. The number of halogens is 1. The molecule has 0 amide bonds. The zero-order chi connectivity index (χ0) is 9.40. The summed E-state index contributed by atoms with van der Waals surface area (Å²) in [5.74, 6) is 2.03. The predicted molar refractivity (Wildman–Crippen MR) is 62.8 cm³/mol. The molecule has 0 bridgehead atoms. The molecule has 1 nitrogen and oxygen atoms in total. The van der Waals surface area contributed by atoms with E-state index >= 15 is 0 Å². The third-order valence-corrected chi connectivity index (χ3v) is 4.09. The van der Waals surface area contributed by atoms with E-state index in [0.717, 1.165) is 18.9 Å². The van der Waals surface area contributed by atoms with Gasteiger partial charge in [-0.05, 0) is 11.8 Å². The number of aliphatic hydroxyl groups is 1. The van der Waals surface area contributed by atoms with Crippen molar-refractivity contribution in [2.24, 2.45) is 11.8 Å². The van der Waals surface area contributed by atoms with E-state index in [1.165, 1.54) is 36.5 Å². The Morgan fingerprint density at radius 3 is 2.17 bits per heavy atom. The van der Waals surface area contributed by atoms with Crippen molar-refractivity contribution in [3.63, 3.8) is 0 Å². The van der Waals surface area contributed by atoms with Crippen molar-refractivity contribution in [3.05, 3.63) is 0 Å². The summed E-state index contributed by atoms with van der Waals surface area (Å²) in [4.78, 5) is 0. The average molecular weight is 284 g/mol. The fourth-order valence-corrected chi connectivity index (χ4v) is 2.55. The molecule has 1 rings (SSSR count). The Morgan fingerprint density at radius 2 is 1.75 bits per heavy atom. The highest BCUT2D eigenvalue weighted by molar-refractivity contribution is 14.1. The minimum Gasteiger partial charge on any atom is -0.400 e. The van der Waals surface area contributed by atoms with Gasteiger partial charge in [0.1, 0.15) is 0 Å². The highest BCUT2D eigenvalue weighted by atomic mass is 127. The van der Waals surface area contributed by atoms with Crippen molar-refractivity contribution in [1.82, 2.24) is 0 Å². The summed E-state index contributed by atoms with van der Waals surface area (Å²) in [6.07, 6.45) is 7.48. The van der Waals surface area contributed by atoms with Gasteiger partial charge in [-0.15, -0.1) is 0 Å². The van der Waals surface area contributed by atoms with Crippen LogP contribution < -0.4 is 0 Å². The summed E-state index contributed by atoms with van der Waals surface area (Å²) in [6.45, 7) is 2.41. The monoisotopic (exact) mass is 284 g/mol.